The molecule has 0 spiro atoms. The summed E-state index contributed by atoms with van der Waals surface area (Å²) in [7, 11) is 1.67. The van der Waals surface area contributed by atoms with E-state index in [1.165, 1.54) is 12.8 Å². The number of aliphatic hydroxyl groups excluding tert-OH is 1. The van der Waals surface area contributed by atoms with Crippen LogP contribution in [-0.4, -0.2) is 37.5 Å². The lowest BCUT2D eigenvalue weighted by Gasteiger charge is -2.42. The van der Waals surface area contributed by atoms with Crippen molar-refractivity contribution < 1.29 is 9.84 Å². The van der Waals surface area contributed by atoms with Crippen LogP contribution in [-0.2, 0) is 4.74 Å². The van der Waals surface area contributed by atoms with Crippen molar-refractivity contribution in [1.82, 2.24) is 5.32 Å². The van der Waals surface area contributed by atoms with E-state index in [-0.39, 0.29) is 12.6 Å². The summed E-state index contributed by atoms with van der Waals surface area (Å²) in [5.41, 5.74) is 0. The lowest BCUT2D eigenvalue weighted by atomic mass is 9.71. The molecule has 2 aliphatic carbocycles. The molecule has 4 unspecified atom stereocenters. The van der Waals surface area contributed by atoms with Gasteiger partial charge in [0.05, 0.1) is 19.3 Å². The summed E-state index contributed by atoms with van der Waals surface area (Å²) in [6, 6.07) is 0.658. The number of ether oxygens (including phenoxy) is 1. The second kappa shape index (κ2) is 4.43. The van der Waals surface area contributed by atoms with E-state index in [2.05, 4.69) is 17.5 Å². The minimum absolute atomic E-state index is 0.0972. The zero-order valence-corrected chi connectivity index (χ0v) is 8.65. The van der Waals surface area contributed by atoms with E-state index >= 15 is 0 Å². The number of fused-ring (bicyclic) bond motifs is 1. The second-order valence-corrected chi connectivity index (χ2v) is 4.34. The van der Waals surface area contributed by atoms with Crippen molar-refractivity contribution in [2.24, 2.45) is 11.8 Å². The molecule has 0 aromatic carbocycles. The molecule has 1 fully saturated rings. The van der Waals surface area contributed by atoms with Gasteiger partial charge in [0, 0.05) is 13.2 Å². The largest absolute Gasteiger partial charge is 0.395 e. The highest BCUT2D eigenvalue weighted by molar-refractivity contribution is 5.13. The van der Waals surface area contributed by atoms with Gasteiger partial charge in [0.25, 0.3) is 0 Å². The van der Waals surface area contributed by atoms with Gasteiger partial charge in [-0.3, -0.25) is 0 Å². The lowest BCUT2D eigenvalue weighted by molar-refractivity contribution is 0.0847. The first-order valence-corrected chi connectivity index (χ1v) is 5.37. The predicted octanol–water partition coefficient (Wildman–Crippen LogP) is 0.548. The van der Waals surface area contributed by atoms with Crippen LogP contribution in [0.4, 0.5) is 0 Å². The van der Waals surface area contributed by atoms with Crippen LogP contribution in [0.1, 0.15) is 12.8 Å². The molecule has 2 rings (SSSR count). The normalized spacial score (nSPS) is 36.6. The average molecular weight is 197 g/mol. The van der Waals surface area contributed by atoms with E-state index < -0.39 is 0 Å². The Balaban J connectivity index is 1.77. The molecule has 0 aromatic heterocycles. The standard InChI is InChI=1S/C11H19NO2/c1-14-7-9(6-13)12-11-5-8-3-2-4-10(8)11/h2,4,8-13H,3,5-7H2,1H3. The third-order valence-corrected chi connectivity index (χ3v) is 3.40. The van der Waals surface area contributed by atoms with Crippen LogP contribution in [0.2, 0.25) is 0 Å². The molecule has 2 N–H and O–H groups in total. The molecule has 0 bridgehead atoms. The molecule has 80 valence electrons. The number of aliphatic hydroxyl groups is 1. The Bertz CT molecular complexity index is 217. The summed E-state index contributed by atoms with van der Waals surface area (Å²) in [4.78, 5) is 0. The second-order valence-electron chi connectivity index (χ2n) is 4.34. The summed E-state index contributed by atoms with van der Waals surface area (Å²) < 4.78 is 5.04. The van der Waals surface area contributed by atoms with Crippen molar-refractivity contribution in [3.8, 4) is 0 Å². The van der Waals surface area contributed by atoms with Gasteiger partial charge in [-0.1, -0.05) is 12.2 Å². The highest BCUT2D eigenvalue weighted by Gasteiger charge is 2.41. The topological polar surface area (TPSA) is 41.5 Å². The summed E-state index contributed by atoms with van der Waals surface area (Å²) in [5.74, 6) is 1.58. The van der Waals surface area contributed by atoms with Gasteiger partial charge in [0.2, 0.25) is 0 Å². The third-order valence-electron chi connectivity index (χ3n) is 3.40. The Morgan fingerprint density at radius 1 is 1.64 bits per heavy atom. The fraction of sp³-hybridized carbons (Fsp3) is 0.818. The Hall–Kier alpha value is -0.380. The van der Waals surface area contributed by atoms with Crippen molar-refractivity contribution >= 4 is 0 Å². The highest BCUT2D eigenvalue weighted by Crippen LogP contribution is 2.42. The van der Waals surface area contributed by atoms with Crippen LogP contribution in [0.15, 0.2) is 12.2 Å². The van der Waals surface area contributed by atoms with E-state index in [1.807, 2.05) is 0 Å². The molecule has 1 saturated carbocycles. The van der Waals surface area contributed by atoms with Crippen LogP contribution in [0, 0.1) is 11.8 Å². The molecule has 3 nitrogen and oxygen atoms in total. The van der Waals surface area contributed by atoms with Gasteiger partial charge in [0.1, 0.15) is 0 Å². The maximum atomic E-state index is 9.11. The highest BCUT2D eigenvalue weighted by atomic mass is 16.5. The zero-order valence-electron chi connectivity index (χ0n) is 8.65. The molecule has 2 aliphatic rings. The van der Waals surface area contributed by atoms with Crippen LogP contribution < -0.4 is 5.32 Å². The van der Waals surface area contributed by atoms with Gasteiger partial charge in [-0.05, 0) is 24.7 Å². The maximum Gasteiger partial charge on any atom is 0.0638 e. The van der Waals surface area contributed by atoms with E-state index in [0.29, 0.717) is 18.6 Å². The van der Waals surface area contributed by atoms with Crippen LogP contribution in [0.3, 0.4) is 0 Å². The molecule has 0 amide bonds. The summed E-state index contributed by atoms with van der Waals surface area (Å²) in [5, 5.41) is 12.6. The summed E-state index contributed by atoms with van der Waals surface area (Å²) >= 11 is 0. The molecule has 0 heterocycles. The van der Waals surface area contributed by atoms with Gasteiger partial charge >= 0.3 is 0 Å². The van der Waals surface area contributed by atoms with Gasteiger partial charge in [-0.2, -0.15) is 0 Å². The van der Waals surface area contributed by atoms with Crippen LogP contribution >= 0.6 is 0 Å². The Kier molecular flexibility index (Phi) is 3.21. The number of hydrogen-bond acceptors (Lipinski definition) is 3. The van der Waals surface area contributed by atoms with Crippen molar-refractivity contribution in [3.05, 3.63) is 12.2 Å². The molecular formula is C11H19NO2. The van der Waals surface area contributed by atoms with Crippen molar-refractivity contribution in [2.75, 3.05) is 20.3 Å². The van der Waals surface area contributed by atoms with Crippen molar-refractivity contribution in [1.29, 1.82) is 0 Å². The number of hydrogen-bond donors (Lipinski definition) is 2. The Labute approximate surface area is 85.1 Å². The van der Waals surface area contributed by atoms with Crippen molar-refractivity contribution in [3.63, 3.8) is 0 Å². The molecule has 4 atom stereocenters. The first kappa shape index (κ1) is 10.1. The SMILES string of the molecule is COCC(CO)NC1CC2CC=CC21. The van der Waals surface area contributed by atoms with E-state index in [1.54, 1.807) is 7.11 Å². The fourth-order valence-electron chi connectivity index (χ4n) is 2.56. The Morgan fingerprint density at radius 2 is 2.50 bits per heavy atom. The fourth-order valence-corrected chi connectivity index (χ4v) is 2.56. The predicted molar refractivity (Wildman–Crippen MR) is 55.0 cm³/mol. The number of nitrogens with one attached hydrogen (secondary N) is 1. The zero-order chi connectivity index (χ0) is 9.97. The maximum absolute atomic E-state index is 9.11. The summed E-state index contributed by atoms with van der Waals surface area (Å²) in [6.07, 6.45) is 7.09. The quantitative estimate of drug-likeness (QED) is 0.632. The molecule has 0 aromatic rings. The molecule has 3 heteroatoms. The van der Waals surface area contributed by atoms with Gasteiger partial charge < -0.3 is 15.2 Å². The minimum Gasteiger partial charge on any atom is -0.395 e. The first-order chi connectivity index (χ1) is 6.85. The lowest BCUT2D eigenvalue weighted by Crippen LogP contribution is -2.53. The van der Waals surface area contributed by atoms with E-state index in [4.69, 9.17) is 9.84 Å². The number of methoxy groups -OCH3 is 1. The van der Waals surface area contributed by atoms with Gasteiger partial charge in [0.15, 0.2) is 0 Å². The average Bonchev–Trinajstić information content (AvgIpc) is 2.54. The van der Waals surface area contributed by atoms with Crippen LogP contribution in [0.5, 0.6) is 0 Å². The molecule has 14 heavy (non-hydrogen) atoms. The minimum atomic E-state index is 0.0972. The Morgan fingerprint density at radius 3 is 3.14 bits per heavy atom. The molecule has 0 radical (unpaired) electrons. The molecular weight excluding hydrogens is 178 g/mol. The third kappa shape index (κ3) is 1.85. The van der Waals surface area contributed by atoms with Crippen LogP contribution in [0.25, 0.3) is 0 Å². The first-order valence-electron chi connectivity index (χ1n) is 5.37. The van der Waals surface area contributed by atoms with Crippen molar-refractivity contribution in [2.45, 2.75) is 24.9 Å². The smallest absolute Gasteiger partial charge is 0.0638 e. The molecule has 0 saturated heterocycles. The monoisotopic (exact) mass is 197 g/mol. The summed E-state index contributed by atoms with van der Waals surface area (Å²) in [6.45, 7) is 0.750. The number of allylic oxidation sites excluding steroid dienone is 1. The number of rotatable bonds is 5. The van der Waals surface area contributed by atoms with Gasteiger partial charge in [-0.15, -0.1) is 0 Å². The molecule has 0 aliphatic heterocycles. The van der Waals surface area contributed by atoms with Gasteiger partial charge in [-0.25, -0.2) is 0 Å². The van der Waals surface area contributed by atoms with E-state index in [0.717, 1.165) is 5.92 Å². The van der Waals surface area contributed by atoms with E-state index in [9.17, 15) is 0 Å².